The van der Waals surface area contributed by atoms with Gasteiger partial charge in [0, 0.05) is 5.92 Å². The van der Waals surface area contributed by atoms with Crippen molar-refractivity contribution in [2.45, 2.75) is 40.0 Å². The fourth-order valence-corrected chi connectivity index (χ4v) is 2.43. The highest BCUT2D eigenvalue weighted by molar-refractivity contribution is 5.54. The second-order valence-corrected chi connectivity index (χ2v) is 4.63. The van der Waals surface area contributed by atoms with Crippen LogP contribution in [-0.4, -0.2) is 6.29 Å². The quantitative estimate of drug-likeness (QED) is 0.579. The molecular weight excluding hydrogens is 148 g/mol. The van der Waals surface area contributed by atoms with Crippen LogP contribution in [0.5, 0.6) is 0 Å². The molecule has 1 fully saturated rings. The monoisotopic (exact) mass is 168 g/mol. The van der Waals surface area contributed by atoms with Crippen molar-refractivity contribution in [3.05, 3.63) is 0 Å². The van der Waals surface area contributed by atoms with Gasteiger partial charge in [-0.2, -0.15) is 0 Å². The van der Waals surface area contributed by atoms with Crippen LogP contribution in [0.3, 0.4) is 0 Å². The van der Waals surface area contributed by atoms with E-state index in [0.29, 0.717) is 17.8 Å². The van der Waals surface area contributed by atoms with Crippen molar-refractivity contribution < 1.29 is 4.79 Å². The highest BCUT2D eigenvalue weighted by atomic mass is 16.1. The molecule has 0 radical (unpaired) electrons. The van der Waals surface area contributed by atoms with Crippen molar-refractivity contribution in [3.63, 3.8) is 0 Å². The summed E-state index contributed by atoms with van der Waals surface area (Å²) in [5.74, 6) is 2.43. The highest BCUT2D eigenvalue weighted by Crippen LogP contribution is 2.36. The number of hydrogen-bond acceptors (Lipinski definition) is 1. The van der Waals surface area contributed by atoms with Crippen molar-refractivity contribution in [1.29, 1.82) is 0 Å². The van der Waals surface area contributed by atoms with Crippen LogP contribution in [0.25, 0.3) is 0 Å². The molecule has 1 nitrogen and oxygen atoms in total. The fourth-order valence-electron chi connectivity index (χ4n) is 2.43. The van der Waals surface area contributed by atoms with Crippen LogP contribution >= 0.6 is 0 Å². The molecule has 70 valence electrons. The Balaban J connectivity index is 2.56. The fraction of sp³-hybridized carbons (Fsp3) is 0.909. The first-order valence-corrected chi connectivity index (χ1v) is 5.10. The number of carbonyl (C=O) groups excluding carboxylic acids is 1. The van der Waals surface area contributed by atoms with Gasteiger partial charge in [0.15, 0.2) is 0 Å². The van der Waals surface area contributed by atoms with Crippen molar-refractivity contribution in [2.75, 3.05) is 0 Å². The Bertz CT molecular complexity index is 151. The maximum absolute atomic E-state index is 10.8. The van der Waals surface area contributed by atoms with Gasteiger partial charge < -0.3 is 4.79 Å². The second kappa shape index (κ2) is 4.06. The zero-order chi connectivity index (χ0) is 9.14. The van der Waals surface area contributed by atoms with Crippen molar-refractivity contribution >= 4 is 6.29 Å². The molecule has 0 aromatic heterocycles. The first kappa shape index (κ1) is 9.76. The van der Waals surface area contributed by atoms with E-state index in [4.69, 9.17) is 0 Å². The van der Waals surface area contributed by atoms with Gasteiger partial charge in [0.05, 0.1) is 0 Å². The van der Waals surface area contributed by atoms with Gasteiger partial charge in [0.2, 0.25) is 0 Å². The van der Waals surface area contributed by atoms with Gasteiger partial charge in [0.25, 0.3) is 0 Å². The van der Waals surface area contributed by atoms with Crippen LogP contribution in [0.2, 0.25) is 0 Å². The predicted molar refractivity (Wildman–Crippen MR) is 50.9 cm³/mol. The molecule has 1 aliphatic rings. The zero-order valence-corrected chi connectivity index (χ0v) is 8.42. The molecule has 3 atom stereocenters. The number of aldehydes is 1. The van der Waals surface area contributed by atoms with Crippen LogP contribution in [0.1, 0.15) is 40.0 Å². The molecule has 3 unspecified atom stereocenters. The summed E-state index contributed by atoms with van der Waals surface area (Å²) in [7, 11) is 0. The van der Waals surface area contributed by atoms with E-state index in [1.807, 2.05) is 0 Å². The van der Waals surface area contributed by atoms with Crippen LogP contribution in [0.15, 0.2) is 0 Å². The van der Waals surface area contributed by atoms with Gasteiger partial charge in [-0.3, -0.25) is 0 Å². The Kier molecular flexibility index (Phi) is 3.30. The smallest absolute Gasteiger partial charge is 0.123 e. The summed E-state index contributed by atoms with van der Waals surface area (Å²) in [4.78, 5) is 10.8. The van der Waals surface area contributed by atoms with E-state index in [-0.39, 0.29) is 0 Å². The molecule has 1 rings (SSSR count). The molecule has 0 spiro atoms. The Hall–Kier alpha value is -0.330. The lowest BCUT2D eigenvalue weighted by Crippen LogP contribution is -2.28. The largest absolute Gasteiger partial charge is 0.303 e. The second-order valence-electron chi connectivity index (χ2n) is 4.63. The van der Waals surface area contributed by atoms with Gasteiger partial charge in [0.1, 0.15) is 6.29 Å². The molecule has 0 bridgehead atoms. The SMILES string of the molecule is CC1CCC(C(C)C)C(C=O)C1. The van der Waals surface area contributed by atoms with Crippen LogP contribution in [0.4, 0.5) is 0 Å². The molecule has 1 aliphatic carbocycles. The molecule has 0 aliphatic heterocycles. The minimum absolute atomic E-state index is 0.341. The summed E-state index contributed by atoms with van der Waals surface area (Å²) in [6, 6.07) is 0. The Morgan fingerprint density at radius 3 is 2.50 bits per heavy atom. The third kappa shape index (κ3) is 2.09. The maximum Gasteiger partial charge on any atom is 0.123 e. The maximum atomic E-state index is 10.8. The van der Waals surface area contributed by atoms with Crippen molar-refractivity contribution in [3.8, 4) is 0 Å². The lowest BCUT2D eigenvalue weighted by atomic mass is 9.71. The molecule has 0 N–H and O–H groups in total. The number of hydrogen-bond donors (Lipinski definition) is 0. The van der Waals surface area contributed by atoms with Crippen molar-refractivity contribution in [1.82, 2.24) is 0 Å². The van der Waals surface area contributed by atoms with Gasteiger partial charge in [-0.05, 0) is 30.6 Å². The zero-order valence-electron chi connectivity index (χ0n) is 8.42. The summed E-state index contributed by atoms with van der Waals surface area (Å²) in [5.41, 5.74) is 0. The topological polar surface area (TPSA) is 17.1 Å². The molecule has 0 saturated heterocycles. The third-order valence-electron chi connectivity index (χ3n) is 3.25. The van der Waals surface area contributed by atoms with Gasteiger partial charge in [-0.25, -0.2) is 0 Å². The number of carbonyl (C=O) groups is 1. The predicted octanol–water partition coefficient (Wildman–Crippen LogP) is 2.89. The molecule has 0 aromatic carbocycles. The van der Waals surface area contributed by atoms with Crippen LogP contribution < -0.4 is 0 Å². The van der Waals surface area contributed by atoms with Gasteiger partial charge >= 0.3 is 0 Å². The standard InChI is InChI=1S/C11H20O/c1-8(2)11-5-4-9(3)6-10(11)7-12/h7-11H,4-6H2,1-3H3. The van der Waals surface area contributed by atoms with Crippen LogP contribution in [0, 0.1) is 23.7 Å². The minimum Gasteiger partial charge on any atom is -0.303 e. The molecule has 0 heterocycles. The lowest BCUT2D eigenvalue weighted by molar-refractivity contribution is -0.114. The molecular formula is C11H20O. The van der Waals surface area contributed by atoms with Crippen LogP contribution in [-0.2, 0) is 4.79 Å². The van der Waals surface area contributed by atoms with Gasteiger partial charge in [-0.1, -0.05) is 27.2 Å². The summed E-state index contributed by atoms with van der Waals surface area (Å²) in [5, 5.41) is 0. The van der Waals surface area contributed by atoms with E-state index >= 15 is 0 Å². The Labute approximate surface area is 75.5 Å². The lowest BCUT2D eigenvalue weighted by Gasteiger charge is -2.34. The van der Waals surface area contributed by atoms with E-state index in [2.05, 4.69) is 20.8 Å². The first-order valence-electron chi connectivity index (χ1n) is 5.10. The summed E-state index contributed by atoms with van der Waals surface area (Å²) < 4.78 is 0. The Morgan fingerprint density at radius 1 is 1.33 bits per heavy atom. The van der Waals surface area contributed by atoms with Gasteiger partial charge in [-0.15, -0.1) is 0 Å². The van der Waals surface area contributed by atoms with E-state index < -0.39 is 0 Å². The summed E-state index contributed by atoms with van der Waals surface area (Å²) in [6.45, 7) is 6.72. The van der Waals surface area contributed by atoms with E-state index in [1.54, 1.807) is 0 Å². The summed E-state index contributed by atoms with van der Waals surface area (Å²) >= 11 is 0. The molecule has 0 aromatic rings. The Morgan fingerprint density at radius 2 is 2.00 bits per heavy atom. The molecule has 1 saturated carbocycles. The van der Waals surface area contributed by atoms with E-state index in [9.17, 15) is 4.79 Å². The molecule has 0 amide bonds. The van der Waals surface area contributed by atoms with Crippen molar-refractivity contribution in [2.24, 2.45) is 23.7 Å². The highest BCUT2D eigenvalue weighted by Gasteiger charge is 2.29. The normalized spacial score (nSPS) is 36.8. The third-order valence-corrected chi connectivity index (χ3v) is 3.25. The average Bonchev–Trinajstić information content (AvgIpc) is 2.03. The van der Waals surface area contributed by atoms with E-state index in [1.165, 1.54) is 19.1 Å². The molecule has 1 heteroatoms. The minimum atomic E-state index is 0.341. The average molecular weight is 168 g/mol. The summed E-state index contributed by atoms with van der Waals surface area (Å²) in [6.07, 6.45) is 4.86. The first-order chi connectivity index (χ1) is 5.65. The number of rotatable bonds is 2. The van der Waals surface area contributed by atoms with E-state index in [0.717, 1.165) is 12.3 Å². The molecule has 12 heavy (non-hydrogen) atoms.